The summed E-state index contributed by atoms with van der Waals surface area (Å²) in [5.74, 6) is -2.08. The number of anilines is 1. The van der Waals surface area contributed by atoms with Crippen molar-refractivity contribution in [2.45, 2.75) is 19.0 Å². The summed E-state index contributed by atoms with van der Waals surface area (Å²) in [6.07, 6.45) is 1.93. The van der Waals surface area contributed by atoms with Crippen LogP contribution < -0.4 is 10.6 Å². The lowest BCUT2D eigenvalue weighted by Crippen LogP contribution is -2.45. The highest BCUT2D eigenvalue weighted by Crippen LogP contribution is 2.19. The van der Waals surface area contributed by atoms with Gasteiger partial charge in [-0.05, 0) is 12.1 Å². The summed E-state index contributed by atoms with van der Waals surface area (Å²) in [5.41, 5.74) is 1.29. The maximum absolute atomic E-state index is 13.5. The van der Waals surface area contributed by atoms with Gasteiger partial charge in [0.05, 0.1) is 23.8 Å². The van der Waals surface area contributed by atoms with Crippen molar-refractivity contribution in [3.05, 3.63) is 47.5 Å². The number of amides is 1. The Bertz CT molecular complexity index is 635. The molecule has 0 spiro atoms. The number of para-hydroxylation sites is 1. The molecule has 0 saturated carbocycles. The standard InChI is InChI=1S/C13H12F2N4O/c14-7-2-1-3-8(15)12(7)19-13(20)10-4-9-11(5-16-10)18-6-17-9/h1-3,6,10,16H,4-5H2,(H,17,18)(H,19,20). The average molecular weight is 278 g/mol. The number of aromatic amines is 1. The summed E-state index contributed by atoms with van der Waals surface area (Å²) in [6, 6.07) is 2.87. The number of carbonyl (C=O) groups is 1. The molecule has 0 aliphatic carbocycles. The number of imidazole rings is 1. The minimum atomic E-state index is -0.797. The molecule has 0 fully saturated rings. The molecule has 0 saturated heterocycles. The van der Waals surface area contributed by atoms with Crippen LogP contribution in [0.15, 0.2) is 24.5 Å². The van der Waals surface area contributed by atoms with E-state index in [4.69, 9.17) is 0 Å². The summed E-state index contributed by atoms with van der Waals surface area (Å²) in [4.78, 5) is 19.1. The Hall–Kier alpha value is -2.28. The second kappa shape index (κ2) is 5.01. The van der Waals surface area contributed by atoms with E-state index in [9.17, 15) is 13.6 Å². The Labute approximate surface area is 113 Å². The van der Waals surface area contributed by atoms with Crippen LogP contribution in [0, 0.1) is 11.6 Å². The van der Waals surface area contributed by atoms with E-state index in [0.29, 0.717) is 13.0 Å². The normalized spacial score (nSPS) is 17.6. The van der Waals surface area contributed by atoms with E-state index >= 15 is 0 Å². The zero-order chi connectivity index (χ0) is 14.1. The minimum absolute atomic E-state index is 0.376. The quantitative estimate of drug-likeness (QED) is 0.776. The summed E-state index contributed by atoms with van der Waals surface area (Å²) < 4.78 is 26.9. The van der Waals surface area contributed by atoms with Crippen LogP contribution in [0.1, 0.15) is 11.4 Å². The average Bonchev–Trinajstić information content (AvgIpc) is 2.90. The molecule has 20 heavy (non-hydrogen) atoms. The summed E-state index contributed by atoms with van der Waals surface area (Å²) >= 11 is 0. The first-order valence-electron chi connectivity index (χ1n) is 6.14. The third-order valence-corrected chi connectivity index (χ3v) is 3.26. The molecule has 0 bridgehead atoms. The lowest BCUT2D eigenvalue weighted by molar-refractivity contribution is -0.118. The lowest BCUT2D eigenvalue weighted by Gasteiger charge is -2.22. The van der Waals surface area contributed by atoms with Crippen LogP contribution in [-0.2, 0) is 17.8 Å². The van der Waals surface area contributed by atoms with Gasteiger partial charge in [0.25, 0.3) is 0 Å². The number of halogens is 2. The predicted molar refractivity (Wildman–Crippen MR) is 67.9 cm³/mol. The van der Waals surface area contributed by atoms with Crippen LogP contribution in [-0.4, -0.2) is 21.9 Å². The van der Waals surface area contributed by atoms with Crippen LogP contribution >= 0.6 is 0 Å². The fourth-order valence-electron chi connectivity index (χ4n) is 2.18. The Morgan fingerprint density at radius 2 is 2.10 bits per heavy atom. The van der Waals surface area contributed by atoms with Crippen molar-refractivity contribution < 1.29 is 13.6 Å². The highest BCUT2D eigenvalue weighted by molar-refractivity contribution is 5.95. The van der Waals surface area contributed by atoms with Crippen molar-refractivity contribution in [3.8, 4) is 0 Å². The third kappa shape index (κ3) is 2.27. The van der Waals surface area contributed by atoms with Gasteiger partial charge in [-0.25, -0.2) is 13.8 Å². The van der Waals surface area contributed by atoms with Gasteiger partial charge >= 0.3 is 0 Å². The van der Waals surface area contributed by atoms with Crippen molar-refractivity contribution in [1.29, 1.82) is 0 Å². The number of carbonyl (C=O) groups excluding carboxylic acids is 1. The zero-order valence-corrected chi connectivity index (χ0v) is 10.4. The number of H-pyrrole nitrogens is 1. The Kier molecular flexibility index (Phi) is 3.19. The number of hydrogen-bond acceptors (Lipinski definition) is 3. The molecule has 1 aromatic carbocycles. The largest absolute Gasteiger partial charge is 0.347 e. The van der Waals surface area contributed by atoms with Gasteiger partial charge in [-0.2, -0.15) is 0 Å². The van der Waals surface area contributed by atoms with Crippen molar-refractivity contribution in [2.24, 2.45) is 0 Å². The molecule has 1 aromatic heterocycles. The fourth-order valence-corrected chi connectivity index (χ4v) is 2.18. The van der Waals surface area contributed by atoms with Gasteiger partial charge in [0.15, 0.2) is 0 Å². The molecule has 104 valence electrons. The molecular formula is C13H12F2N4O. The van der Waals surface area contributed by atoms with Gasteiger partial charge in [-0.15, -0.1) is 0 Å². The molecule has 1 aliphatic heterocycles. The van der Waals surface area contributed by atoms with E-state index in [0.717, 1.165) is 23.5 Å². The molecule has 2 heterocycles. The Balaban J connectivity index is 1.75. The first kappa shape index (κ1) is 12.7. The Morgan fingerprint density at radius 3 is 2.85 bits per heavy atom. The fraction of sp³-hybridized carbons (Fsp3) is 0.231. The van der Waals surface area contributed by atoms with Gasteiger partial charge in [0, 0.05) is 13.0 Å². The topological polar surface area (TPSA) is 69.8 Å². The number of hydrogen-bond donors (Lipinski definition) is 3. The second-order valence-electron chi connectivity index (χ2n) is 4.55. The molecule has 1 amide bonds. The van der Waals surface area contributed by atoms with E-state index < -0.39 is 29.3 Å². The summed E-state index contributed by atoms with van der Waals surface area (Å²) in [7, 11) is 0. The smallest absolute Gasteiger partial charge is 0.242 e. The molecule has 0 radical (unpaired) electrons. The van der Waals surface area contributed by atoms with E-state index in [1.165, 1.54) is 6.07 Å². The van der Waals surface area contributed by atoms with Crippen molar-refractivity contribution in [3.63, 3.8) is 0 Å². The molecular weight excluding hydrogens is 266 g/mol. The molecule has 1 atom stereocenters. The van der Waals surface area contributed by atoms with E-state index in [2.05, 4.69) is 20.6 Å². The van der Waals surface area contributed by atoms with E-state index in [1.54, 1.807) is 6.33 Å². The number of rotatable bonds is 2. The van der Waals surface area contributed by atoms with Gasteiger partial charge in [-0.1, -0.05) is 6.07 Å². The zero-order valence-electron chi connectivity index (χ0n) is 10.4. The number of benzene rings is 1. The van der Waals surface area contributed by atoms with Crippen LogP contribution in [0.25, 0.3) is 0 Å². The van der Waals surface area contributed by atoms with E-state index in [1.807, 2.05) is 0 Å². The summed E-state index contributed by atoms with van der Waals surface area (Å²) in [6.45, 7) is 0.465. The molecule has 7 heteroatoms. The maximum atomic E-state index is 13.5. The van der Waals surface area contributed by atoms with Gasteiger partial charge in [0.1, 0.15) is 17.3 Å². The minimum Gasteiger partial charge on any atom is -0.347 e. The first-order valence-corrected chi connectivity index (χ1v) is 6.14. The number of fused-ring (bicyclic) bond motifs is 1. The van der Waals surface area contributed by atoms with E-state index in [-0.39, 0.29) is 0 Å². The van der Waals surface area contributed by atoms with Gasteiger partial charge in [0.2, 0.25) is 5.91 Å². The van der Waals surface area contributed by atoms with Crippen molar-refractivity contribution in [1.82, 2.24) is 15.3 Å². The van der Waals surface area contributed by atoms with Gasteiger partial charge < -0.3 is 10.3 Å². The SMILES string of the molecule is O=C(Nc1c(F)cccc1F)C1Cc2nc[nH]c2CN1. The molecule has 5 nitrogen and oxygen atoms in total. The van der Waals surface area contributed by atoms with Crippen LogP contribution in [0.5, 0.6) is 0 Å². The number of nitrogens with zero attached hydrogens (tertiary/aromatic N) is 1. The Morgan fingerprint density at radius 1 is 1.35 bits per heavy atom. The van der Waals surface area contributed by atoms with Crippen molar-refractivity contribution in [2.75, 3.05) is 5.32 Å². The third-order valence-electron chi connectivity index (χ3n) is 3.26. The van der Waals surface area contributed by atoms with Crippen LogP contribution in [0.3, 0.4) is 0 Å². The molecule has 3 rings (SSSR count). The molecule has 3 N–H and O–H groups in total. The molecule has 1 unspecified atom stereocenters. The van der Waals surface area contributed by atoms with Crippen LogP contribution in [0.4, 0.5) is 14.5 Å². The lowest BCUT2D eigenvalue weighted by atomic mass is 10.0. The highest BCUT2D eigenvalue weighted by atomic mass is 19.1. The second-order valence-corrected chi connectivity index (χ2v) is 4.55. The molecule has 1 aliphatic rings. The highest BCUT2D eigenvalue weighted by Gasteiger charge is 2.26. The molecule has 2 aromatic rings. The monoisotopic (exact) mass is 278 g/mol. The predicted octanol–water partition coefficient (Wildman–Crippen LogP) is 1.34. The summed E-state index contributed by atoms with van der Waals surface area (Å²) in [5, 5.41) is 5.27. The van der Waals surface area contributed by atoms with Crippen molar-refractivity contribution >= 4 is 11.6 Å². The van der Waals surface area contributed by atoms with Gasteiger partial charge in [-0.3, -0.25) is 10.1 Å². The number of nitrogens with one attached hydrogen (secondary N) is 3. The van der Waals surface area contributed by atoms with Crippen LogP contribution in [0.2, 0.25) is 0 Å². The number of aromatic nitrogens is 2. The maximum Gasteiger partial charge on any atom is 0.242 e. The first-order chi connectivity index (χ1) is 9.65.